The number of rotatable bonds is 0. The third kappa shape index (κ3) is 0.955. The number of hydrogen-bond acceptors (Lipinski definition) is 2. The number of hydrogen-bond donors (Lipinski definition) is 1. The maximum absolute atomic E-state index is 3.23. The fourth-order valence-electron chi connectivity index (χ4n) is 0.878. The summed E-state index contributed by atoms with van der Waals surface area (Å²) in [7, 11) is 0. The van der Waals surface area contributed by atoms with Crippen molar-refractivity contribution in [1.29, 1.82) is 0 Å². The number of fused-ring (bicyclic) bond motifs is 4. The van der Waals surface area contributed by atoms with Gasteiger partial charge in [0.15, 0.2) is 0 Å². The van der Waals surface area contributed by atoms with E-state index in [4.69, 9.17) is 0 Å². The number of nitrogens with one attached hydrogen (secondary N) is 1. The molecule has 2 aliphatic heterocycles. The predicted octanol–water partition coefficient (Wildman–Crippen LogP) is 1.80. The van der Waals surface area contributed by atoms with Crippen molar-refractivity contribution in [2.24, 2.45) is 0 Å². The molecule has 46 valence electrons. The highest BCUT2D eigenvalue weighted by Gasteiger charge is 1.99. The lowest BCUT2D eigenvalue weighted by molar-refractivity contribution is 0.988. The summed E-state index contributed by atoms with van der Waals surface area (Å²) in [4.78, 5) is 1.30. The molecule has 0 fully saturated rings. The van der Waals surface area contributed by atoms with E-state index in [2.05, 4.69) is 29.0 Å². The Kier molecular flexibility index (Phi) is 1.21. The largest absolute Gasteiger partial charge is 0.255 e. The summed E-state index contributed by atoms with van der Waals surface area (Å²) in [5.74, 6) is 0. The molecule has 0 radical (unpaired) electrons. The van der Waals surface area contributed by atoms with E-state index in [1.165, 1.54) is 10.5 Å². The van der Waals surface area contributed by atoms with E-state index in [-0.39, 0.29) is 0 Å². The van der Waals surface area contributed by atoms with Gasteiger partial charge in [0, 0.05) is 11.4 Å². The van der Waals surface area contributed by atoms with E-state index >= 15 is 0 Å². The molecule has 1 aromatic rings. The first-order chi connectivity index (χ1) is 4.45. The third-order valence-electron chi connectivity index (χ3n) is 1.39. The van der Waals surface area contributed by atoms with Gasteiger partial charge in [0.1, 0.15) is 0 Å². The molecule has 0 saturated heterocycles. The molecule has 9 heavy (non-hydrogen) atoms. The maximum Gasteiger partial charge on any atom is 0.0313 e. The zero-order valence-electron chi connectivity index (χ0n) is 4.92. The highest BCUT2D eigenvalue weighted by molar-refractivity contribution is 7.97. The van der Waals surface area contributed by atoms with Crippen molar-refractivity contribution in [3.8, 4) is 0 Å². The van der Waals surface area contributed by atoms with E-state index in [1.54, 1.807) is 11.9 Å². The molecule has 2 aliphatic rings. The Labute approximate surface area is 58.6 Å². The molecule has 0 saturated carbocycles. The van der Waals surface area contributed by atoms with Crippen LogP contribution in [0.4, 0.5) is 0 Å². The maximum atomic E-state index is 3.23. The molecular formula is C7H7NS. The molecule has 2 heterocycles. The molecule has 0 aromatic heterocycles. The summed E-state index contributed by atoms with van der Waals surface area (Å²) < 4.78 is 3.23. The van der Waals surface area contributed by atoms with Crippen LogP contribution < -0.4 is 4.72 Å². The molecule has 1 N–H and O–H groups in total. The normalized spacial score (nSPS) is 15.6. The topological polar surface area (TPSA) is 12.0 Å². The average Bonchev–Trinajstić information content (AvgIpc) is 2.21. The number of benzene rings is 1. The van der Waals surface area contributed by atoms with E-state index in [1.807, 2.05) is 0 Å². The smallest absolute Gasteiger partial charge is 0.0313 e. The summed E-state index contributed by atoms with van der Waals surface area (Å²) in [5, 5.41) is 0. The van der Waals surface area contributed by atoms with E-state index < -0.39 is 0 Å². The zero-order chi connectivity index (χ0) is 6.10. The van der Waals surface area contributed by atoms with Gasteiger partial charge in [-0.1, -0.05) is 12.1 Å². The fraction of sp³-hybridized carbons (Fsp3) is 0.143. The Balaban J connectivity index is 2.53. The Morgan fingerprint density at radius 2 is 2.00 bits per heavy atom. The molecule has 2 heteroatoms. The first-order valence-corrected chi connectivity index (χ1v) is 3.75. The van der Waals surface area contributed by atoms with E-state index in [9.17, 15) is 0 Å². The van der Waals surface area contributed by atoms with Crippen LogP contribution in [-0.4, -0.2) is 0 Å². The molecule has 1 aromatic carbocycles. The minimum Gasteiger partial charge on any atom is -0.255 e. The van der Waals surface area contributed by atoms with Gasteiger partial charge in [-0.25, -0.2) is 0 Å². The summed E-state index contributed by atoms with van der Waals surface area (Å²) in [5.41, 5.74) is 1.36. The van der Waals surface area contributed by atoms with Gasteiger partial charge in [-0.2, -0.15) is 0 Å². The lowest BCUT2D eigenvalue weighted by Crippen LogP contribution is -1.97. The zero-order valence-corrected chi connectivity index (χ0v) is 5.74. The van der Waals surface area contributed by atoms with Crippen molar-refractivity contribution in [3.05, 3.63) is 29.8 Å². The predicted molar refractivity (Wildman–Crippen MR) is 39.1 cm³/mol. The molecule has 0 amide bonds. The molecule has 1 nitrogen and oxygen atoms in total. The van der Waals surface area contributed by atoms with Gasteiger partial charge >= 0.3 is 0 Å². The van der Waals surface area contributed by atoms with Crippen molar-refractivity contribution in [3.63, 3.8) is 0 Å². The molecule has 0 atom stereocenters. The van der Waals surface area contributed by atoms with Crippen LogP contribution in [0.15, 0.2) is 29.2 Å². The van der Waals surface area contributed by atoms with Crippen LogP contribution in [0.1, 0.15) is 5.56 Å². The standard InChI is InChI=1S/C7H7NS/c1-3-7-4-2-6(1)5-8-9-7/h1-4,8H,5H2. The minimum atomic E-state index is 0.987. The lowest BCUT2D eigenvalue weighted by Gasteiger charge is -1.92. The lowest BCUT2D eigenvalue weighted by atomic mass is 10.2. The van der Waals surface area contributed by atoms with Gasteiger partial charge in [0.2, 0.25) is 0 Å². The second-order valence-electron chi connectivity index (χ2n) is 2.07. The Morgan fingerprint density at radius 1 is 1.22 bits per heavy atom. The van der Waals surface area contributed by atoms with Gasteiger partial charge < -0.3 is 0 Å². The van der Waals surface area contributed by atoms with Crippen LogP contribution >= 0.6 is 11.9 Å². The van der Waals surface area contributed by atoms with Crippen molar-refractivity contribution in [2.75, 3.05) is 0 Å². The van der Waals surface area contributed by atoms with Crippen LogP contribution in [0.25, 0.3) is 0 Å². The van der Waals surface area contributed by atoms with E-state index in [0.29, 0.717) is 0 Å². The Bertz CT molecular complexity index is 182. The average molecular weight is 137 g/mol. The van der Waals surface area contributed by atoms with Gasteiger partial charge in [0.05, 0.1) is 0 Å². The Morgan fingerprint density at radius 3 is 2.78 bits per heavy atom. The van der Waals surface area contributed by atoms with Crippen molar-refractivity contribution in [1.82, 2.24) is 4.72 Å². The second kappa shape index (κ2) is 2.05. The van der Waals surface area contributed by atoms with Crippen molar-refractivity contribution < 1.29 is 0 Å². The highest BCUT2D eigenvalue weighted by Crippen LogP contribution is 2.19. The van der Waals surface area contributed by atoms with Crippen molar-refractivity contribution in [2.45, 2.75) is 11.4 Å². The fourth-order valence-corrected chi connectivity index (χ4v) is 1.56. The molecule has 3 rings (SSSR count). The summed E-state index contributed by atoms with van der Waals surface area (Å²) in [6.45, 7) is 0.987. The SMILES string of the molecule is c1cc2ccc1CNS2. The van der Waals surface area contributed by atoms with Gasteiger partial charge in [-0.05, 0) is 29.6 Å². The summed E-state index contributed by atoms with van der Waals surface area (Å²) in [6, 6.07) is 8.59. The second-order valence-corrected chi connectivity index (χ2v) is 3.03. The summed E-state index contributed by atoms with van der Waals surface area (Å²) in [6.07, 6.45) is 0. The van der Waals surface area contributed by atoms with Gasteiger partial charge in [-0.3, -0.25) is 4.72 Å². The molecular weight excluding hydrogens is 130 g/mol. The van der Waals surface area contributed by atoms with Crippen LogP contribution in [0.3, 0.4) is 0 Å². The van der Waals surface area contributed by atoms with Crippen molar-refractivity contribution >= 4 is 11.9 Å². The van der Waals surface area contributed by atoms with Crippen LogP contribution in [0.2, 0.25) is 0 Å². The molecule has 0 aliphatic carbocycles. The molecule has 0 unspecified atom stereocenters. The van der Waals surface area contributed by atoms with Gasteiger partial charge in [0.25, 0.3) is 0 Å². The van der Waals surface area contributed by atoms with Crippen LogP contribution in [0.5, 0.6) is 0 Å². The van der Waals surface area contributed by atoms with E-state index in [0.717, 1.165) is 6.54 Å². The molecule has 2 bridgehead atoms. The highest BCUT2D eigenvalue weighted by atomic mass is 32.2. The minimum absolute atomic E-state index is 0.987. The quantitative estimate of drug-likeness (QED) is 0.547. The first kappa shape index (κ1) is 5.33. The Hall–Kier alpha value is -0.470. The van der Waals surface area contributed by atoms with Gasteiger partial charge in [-0.15, -0.1) is 0 Å². The van der Waals surface area contributed by atoms with Crippen LogP contribution in [-0.2, 0) is 6.54 Å². The third-order valence-corrected chi connectivity index (χ3v) is 2.19. The molecule has 0 spiro atoms. The summed E-state index contributed by atoms with van der Waals surface area (Å²) >= 11 is 1.70. The first-order valence-electron chi connectivity index (χ1n) is 2.94. The van der Waals surface area contributed by atoms with Crippen LogP contribution in [0, 0.1) is 0 Å². The monoisotopic (exact) mass is 137 g/mol.